The number of rotatable bonds is 5. The van der Waals surface area contributed by atoms with E-state index in [0.717, 1.165) is 11.1 Å². The van der Waals surface area contributed by atoms with Crippen molar-refractivity contribution < 1.29 is 14.0 Å². The highest BCUT2D eigenvalue weighted by molar-refractivity contribution is 5.92. The van der Waals surface area contributed by atoms with Crippen molar-refractivity contribution in [3.63, 3.8) is 0 Å². The van der Waals surface area contributed by atoms with Crippen molar-refractivity contribution in [1.29, 1.82) is 0 Å². The first kappa shape index (κ1) is 13.7. The van der Waals surface area contributed by atoms with Crippen LogP contribution in [-0.2, 0) is 11.4 Å². The number of oxime groups is 1. The lowest BCUT2D eigenvalue weighted by atomic mass is 10.1. The third kappa shape index (κ3) is 3.91. The molecular formula is C15H13FN2O2. The van der Waals surface area contributed by atoms with Gasteiger partial charge < -0.3 is 10.6 Å². The second-order valence-corrected chi connectivity index (χ2v) is 4.12. The van der Waals surface area contributed by atoms with Gasteiger partial charge in [0.1, 0.15) is 12.4 Å². The molecule has 2 N–H and O–H groups in total. The van der Waals surface area contributed by atoms with E-state index in [1.165, 1.54) is 18.3 Å². The molecule has 0 aliphatic carbocycles. The molecule has 2 aromatic rings. The molecule has 2 aromatic carbocycles. The monoisotopic (exact) mass is 272 g/mol. The Labute approximate surface area is 115 Å². The summed E-state index contributed by atoms with van der Waals surface area (Å²) < 4.78 is 12.7. The van der Waals surface area contributed by atoms with E-state index < -0.39 is 5.91 Å². The first-order valence-corrected chi connectivity index (χ1v) is 5.95. The Morgan fingerprint density at radius 1 is 1.15 bits per heavy atom. The highest BCUT2D eigenvalue weighted by Gasteiger charge is 1.99. The second kappa shape index (κ2) is 6.47. The van der Waals surface area contributed by atoms with E-state index in [9.17, 15) is 9.18 Å². The zero-order valence-corrected chi connectivity index (χ0v) is 10.6. The van der Waals surface area contributed by atoms with Gasteiger partial charge in [-0.1, -0.05) is 29.4 Å². The number of carbonyl (C=O) groups is 1. The molecule has 0 spiro atoms. The summed E-state index contributed by atoms with van der Waals surface area (Å²) in [5.41, 5.74) is 7.20. The summed E-state index contributed by atoms with van der Waals surface area (Å²) in [6.45, 7) is 0.275. The molecule has 1 amide bonds. The Hall–Kier alpha value is -2.69. The first-order valence-electron chi connectivity index (χ1n) is 5.95. The number of nitrogens with two attached hydrogens (primary N) is 1. The van der Waals surface area contributed by atoms with Gasteiger partial charge in [0.25, 0.3) is 0 Å². The Morgan fingerprint density at radius 3 is 2.40 bits per heavy atom. The van der Waals surface area contributed by atoms with Crippen LogP contribution in [0.15, 0.2) is 53.7 Å². The van der Waals surface area contributed by atoms with Crippen molar-refractivity contribution in [2.45, 2.75) is 6.61 Å². The van der Waals surface area contributed by atoms with Gasteiger partial charge in [-0.25, -0.2) is 4.39 Å². The number of hydrogen-bond donors (Lipinski definition) is 1. The number of benzene rings is 2. The van der Waals surface area contributed by atoms with Crippen LogP contribution in [0.5, 0.6) is 0 Å². The molecule has 0 heterocycles. The molecule has 0 bridgehead atoms. The van der Waals surface area contributed by atoms with E-state index in [4.69, 9.17) is 10.6 Å². The summed E-state index contributed by atoms with van der Waals surface area (Å²) >= 11 is 0. The highest BCUT2D eigenvalue weighted by atomic mass is 19.1. The molecule has 4 nitrogen and oxygen atoms in total. The smallest absolute Gasteiger partial charge is 0.248 e. The Kier molecular flexibility index (Phi) is 4.44. The summed E-state index contributed by atoms with van der Waals surface area (Å²) in [5, 5.41) is 3.79. The minimum absolute atomic E-state index is 0.275. The molecule has 0 atom stereocenters. The minimum Gasteiger partial charge on any atom is -0.391 e. The van der Waals surface area contributed by atoms with Crippen LogP contribution in [0.25, 0.3) is 0 Å². The quantitative estimate of drug-likeness (QED) is 0.671. The molecule has 20 heavy (non-hydrogen) atoms. The van der Waals surface area contributed by atoms with Gasteiger partial charge in [0.15, 0.2) is 0 Å². The van der Waals surface area contributed by atoms with Gasteiger partial charge in [-0.2, -0.15) is 0 Å². The van der Waals surface area contributed by atoms with Crippen molar-refractivity contribution in [2.24, 2.45) is 10.9 Å². The Bertz CT molecular complexity index is 607. The average molecular weight is 272 g/mol. The van der Waals surface area contributed by atoms with Crippen molar-refractivity contribution in [3.05, 3.63) is 71.0 Å². The van der Waals surface area contributed by atoms with Gasteiger partial charge >= 0.3 is 0 Å². The van der Waals surface area contributed by atoms with Crippen LogP contribution in [0.2, 0.25) is 0 Å². The summed E-state index contributed by atoms with van der Waals surface area (Å²) in [6.07, 6.45) is 1.50. The maximum Gasteiger partial charge on any atom is 0.248 e. The van der Waals surface area contributed by atoms with Crippen LogP contribution in [0.1, 0.15) is 21.5 Å². The van der Waals surface area contributed by atoms with E-state index in [-0.39, 0.29) is 12.4 Å². The molecule has 0 unspecified atom stereocenters. The van der Waals surface area contributed by atoms with Gasteiger partial charge in [-0.3, -0.25) is 4.79 Å². The maximum absolute atomic E-state index is 12.7. The fraction of sp³-hybridized carbons (Fsp3) is 0.0667. The lowest BCUT2D eigenvalue weighted by Gasteiger charge is -2.01. The fourth-order valence-corrected chi connectivity index (χ4v) is 1.52. The highest BCUT2D eigenvalue weighted by Crippen LogP contribution is 2.06. The van der Waals surface area contributed by atoms with Crippen LogP contribution in [0.4, 0.5) is 4.39 Å². The van der Waals surface area contributed by atoms with E-state index in [1.807, 2.05) is 0 Å². The van der Waals surface area contributed by atoms with E-state index in [0.29, 0.717) is 5.56 Å². The SMILES string of the molecule is NC(=O)c1ccc(CON=Cc2ccc(F)cc2)cc1. The third-order valence-corrected chi connectivity index (χ3v) is 2.62. The molecule has 2 rings (SSSR count). The van der Waals surface area contributed by atoms with Crippen LogP contribution in [0, 0.1) is 5.82 Å². The Balaban J connectivity index is 1.86. The lowest BCUT2D eigenvalue weighted by molar-refractivity contribution is 0.1000. The van der Waals surface area contributed by atoms with Crippen LogP contribution >= 0.6 is 0 Å². The summed E-state index contributed by atoms with van der Waals surface area (Å²) in [7, 11) is 0. The Morgan fingerprint density at radius 2 is 1.80 bits per heavy atom. The number of amides is 1. The standard InChI is InChI=1S/C15H13FN2O2/c16-14-7-3-11(4-8-14)9-18-20-10-12-1-5-13(6-2-12)15(17)19/h1-9H,10H2,(H2,17,19). The minimum atomic E-state index is -0.466. The molecule has 0 saturated carbocycles. The maximum atomic E-state index is 12.7. The number of nitrogens with zero attached hydrogens (tertiary/aromatic N) is 1. The topological polar surface area (TPSA) is 64.7 Å². The van der Waals surface area contributed by atoms with E-state index >= 15 is 0 Å². The van der Waals surface area contributed by atoms with Crippen LogP contribution in [-0.4, -0.2) is 12.1 Å². The van der Waals surface area contributed by atoms with Gasteiger partial charge in [0.05, 0.1) is 6.21 Å². The summed E-state index contributed by atoms with van der Waals surface area (Å²) in [5.74, 6) is -0.760. The predicted molar refractivity (Wildman–Crippen MR) is 73.7 cm³/mol. The number of halogens is 1. The van der Waals surface area contributed by atoms with Gasteiger partial charge in [-0.05, 0) is 35.4 Å². The summed E-state index contributed by atoms with van der Waals surface area (Å²) in [4.78, 5) is 16.0. The largest absolute Gasteiger partial charge is 0.391 e. The molecule has 0 aliphatic rings. The van der Waals surface area contributed by atoms with Gasteiger partial charge in [0, 0.05) is 5.56 Å². The zero-order valence-electron chi connectivity index (χ0n) is 10.6. The van der Waals surface area contributed by atoms with Crippen LogP contribution in [0.3, 0.4) is 0 Å². The molecule has 0 fully saturated rings. The average Bonchev–Trinajstić information content (AvgIpc) is 2.46. The molecule has 0 aliphatic heterocycles. The van der Waals surface area contributed by atoms with Crippen LogP contribution < -0.4 is 5.73 Å². The third-order valence-electron chi connectivity index (χ3n) is 2.62. The molecule has 102 valence electrons. The number of primary amides is 1. The lowest BCUT2D eigenvalue weighted by Crippen LogP contribution is -2.10. The van der Waals surface area contributed by atoms with Gasteiger partial charge in [0.2, 0.25) is 5.91 Å². The van der Waals surface area contributed by atoms with Crippen molar-refractivity contribution in [2.75, 3.05) is 0 Å². The molecule has 0 aromatic heterocycles. The fourth-order valence-electron chi connectivity index (χ4n) is 1.52. The number of carbonyl (C=O) groups excluding carboxylic acids is 1. The van der Waals surface area contributed by atoms with E-state index in [1.54, 1.807) is 36.4 Å². The second-order valence-electron chi connectivity index (χ2n) is 4.12. The molecular weight excluding hydrogens is 259 g/mol. The molecule has 5 heteroatoms. The normalized spacial score (nSPS) is 10.7. The van der Waals surface area contributed by atoms with Gasteiger partial charge in [-0.15, -0.1) is 0 Å². The van der Waals surface area contributed by atoms with Crippen molar-refractivity contribution >= 4 is 12.1 Å². The first-order chi connectivity index (χ1) is 9.65. The van der Waals surface area contributed by atoms with Crippen molar-refractivity contribution in [1.82, 2.24) is 0 Å². The van der Waals surface area contributed by atoms with Crippen molar-refractivity contribution in [3.8, 4) is 0 Å². The predicted octanol–water partition coefficient (Wildman–Crippen LogP) is 2.48. The summed E-state index contributed by atoms with van der Waals surface area (Å²) in [6, 6.07) is 12.7. The molecule has 0 saturated heterocycles. The molecule has 0 radical (unpaired) electrons. The number of hydrogen-bond acceptors (Lipinski definition) is 3. The zero-order chi connectivity index (χ0) is 14.4. The van der Waals surface area contributed by atoms with E-state index in [2.05, 4.69) is 5.16 Å².